The Morgan fingerprint density at radius 3 is 2.37 bits per heavy atom. The molecule has 2 fully saturated rings. The Labute approximate surface area is 199 Å². The quantitative estimate of drug-likeness (QED) is 0.482. The number of nitrogens with zero attached hydrogens (tertiary/aromatic N) is 4. The standard InChI is InChI=1S/C23H26F3N7O2/c24-13-9-16(25)19(17(26)10-13)31-23-30-18-11-28-22(29-14-5-7-35-8-6-14)32-21(18)33(23)15-3-1-12(2-4-15)20(27)34/h9-12,14-15H,1-8H2,(H2,27,34)(H,30,31)(H,28,29,32)/t12-,15-. The van der Waals surface area contributed by atoms with Crippen LogP contribution in [0.2, 0.25) is 0 Å². The van der Waals surface area contributed by atoms with Gasteiger partial charge < -0.3 is 21.1 Å². The van der Waals surface area contributed by atoms with Crippen molar-refractivity contribution in [1.29, 1.82) is 0 Å². The van der Waals surface area contributed by atoms with Gasteiger partial charge in [-0.1, -0.05) is 0 Å². The molecule has 1 aliphatic carbocycles. The minimum Gasteiger partial charge on any atom is -0.381 e. The van der Waals surface area contributed by atoms with E-state index in [9.17, 15) is 18.0 Å². The van der Waals surface area contributed by atoms with Gasteiger partial charge in [-0.05, 0) is 38.5 Å². The molecule has 0 radical (unpaired) electrons. The summed E-state index contributed by atoms with van der Waals surface area (Å²) < 4.78 is 49.4. The number of aromatic nitrogens is 4. The average molecular weight is 490 g/mol. The van der Waals surface area contributed by atoms with Crippen LogP contribution in [-0.4, -0.2) is 44.7 Å². The zero-order chi connectivity index (χ0) is 24.5. The predicted octanol–water partition coefficient (Wildman–Crippen LogP) is 3.79. The van der Waals surface area contributed by atoms with Crippen LogP contribution in [0.15, 0.2) is 18.3 Å². The molecule has 1 aliphatic heterocycles. The summed E-state index contributed by atoms with van der Waals surface area (Å²) in [6.07, 6.45) is 5.58. The Bertz CT molecular complexity index is 1210. The molecule has 186 valence electrons. The van der Waals surface area contributed by atoms with Crippen LogP contribution in [0.5, 0.6) is 0 Å². The summed E-state index contributed by atoms with van der Waals surface area (Å²) >= 11 is 0. The van der Waals surface area contributed by atoms with E-state index >= 15 is 0 Å². The number of imidazole rings is 1. The predicted molar refractivity (Wildman–Crippen MR) is 123 cm³/mol. The largest absolute Gasteiger partial charge is 0.381 e. The fourth-order valence-electron chi connectivity index (χ4n) is 4.81. The topological polar surface area (TPSA) is 120 Å². The monoisotopic (exact) mass is 489 g/mol. The summed E-state index contributed by atoms with van der Waals surface area (Å²) in [4.78, 5) is 25.2. The van der Waals surface area contributed by atoms with Gasteiger partial charge in [-0.15, -0.1) is 0 Å². The summed E-state index contributed by atoms with van der Waals surface area (Å²) in [6.45, 7) is 1.31. The number of nitrogens with one attached hydrogen (secondary N) is 2. The van der Waals surface area contributed by atoms with Crippen LogP contribution >= 0.6 is 0 Å². The van der Waals surface area contributed by atoms with Crippen molar-refractivity contribution in [1.82, 2.24) is 19.5 Å². The minimum absolute atomic E-state index is 0.143. The van der Waals surface area contributed by atoms with E-state index in [-0.39, 0.29) is 29.9 Å². The number of ether oxygens (including phenoxy) is 1. The molecule has 35 heavy (non-hydrogen) atoms. The molecule has 5 rings (SSSR count). The SMILES string of the molecule is NC(=O)[C@H]1CC[C@H](n2c(Nc3c(F)cc(F)cc3F)nc3cnc(NC4CCOCC4)nc32)CC1. The summed E-state index contributed by atoms with van der Waals surface area (Å²) in [6, 6.07) is 1.23. The third kappa shape index (κ3) is 4.88. The number of halogens is 3. The first-order valence-corrected chi connectivity index (χ1v) is 11.7. The zero-order valence-corrected chi connectivity index (χ0v) is 18.9. The summed E-state index contributed by atoms with van der Waals surface area (Å²) in [7, 11) is 0. The summed E-state index contributed by atoms with van der Waals surface area (Å²) in [5.74, 6) is -3.15. The van der Waals surface area contributed by atoms with Gasteiger partial charge in [0.15, 0.2) is 17.3 Å². The van der Waals surface area contributed by atoms with Crippen molar-refractivity contribution in [3.8, 4) is 0 Å². The lowest BCUT2D eigenvalue weighted by molar-refractivity contribution is -0.122. The van der Waals surface area contributed by atoms with Gasteiger partial charge in [0, 0.05) is 43.3 Å². The fraction of sp³-hybridized carbons (Fsp3) is 0.478. The molecule has 3 heterocycles. The lowest BCUT2D eigenvalue weighted by atomic mass is 9.85. The second-order valence-electron chi connectivity index (χ2n) is 9.02. The molecule has 1 saturated carbocycles. The Morgan fingerprint density at radius 2 is 1.71 bits per heavy atom. The average Bonchev–Trinajstić information content (AvgIpc) is 3.19. The van der Waals surface area contributed by atoms with Crippen molar-refractivity contribution in [2.75, 3.05) is 23.8 Å². The van der Waals surface area contributed by atoms with Crippen LogP contribution in [-0.2, 0) is 9.53 Å². The Balaban J connectivity index is 1.52. The highest BCUT2D eigenvalue weighted by molar-refractivity contribution is 5.78. The Hall–Kier alpha value is -3.41. The lowest BCUT2D eigenvalue weighted by Gasteiger charge is -2.29. The van der Waals surface area contributed by atoms with Gasteiger partial charge in [0.25, 0.3) is 0 Å². The third-order valence-electron chi connectivity index (χ3n) is 6.70. The van der Waals surface area contributed by atoms with E-state index in [0.717, 1.165) is 12.8 Å². The molecule has 9 nitrogen and oxygen atoms in total. The normalized spacial score (nSPS) is 21.2. The number of fused-ring (bicyclic) bond motifs is 1. The van der Waals surface area contributed by atoms with Crippen molar-refractivity contribution in [3.05, 3.63) is 35.8 Å². The summed E-state index contributed by atoms with van der Waals surface area (Å²) in [5, 5.41) is 6.02. The molecule has 3 aromatic rings. The highest BCUT2D eigenvalue weighted by Gasteiger charge is 2.30. The maximum atomic E-state index is 14.4. The van der Waals surface area contributed by atoms with E-state index < -0.39 is 23.1 Å². The van der Waals surface area contributed by atoms with E-state index in [2.05, 4.69) is 25.6 Å². The smallest absolute Gasteiger partial charge is 0.224 e. The third-order valence-corrected chi connectivity index (χ3v) is 6.70. The van der Waals surface area contributed by atoms with Crippen LogP contribution < -0.4 is 16.4 Å². The van der Waals surface area contributed by atoms with Crippen LogP contribution in [0.3, 0.4) is 0 Å². The minimum atomic E-state index is -1.08. The van der Waals surface area contributed by atoms with E-state index in [1.165, 1.54) is 0 Å². The molecule has 1 aromatic carbocycles. The van der Waals surface area contributed by atoms with Gasteiger partial charge in [-0.2, -0.15) is 4.98 Å². The van der Waals surface area contributed by atoms with Crippen LogP contribution in [0.4, 0.5) is 30.8 Å². The number of hydrogen-bond acceptors (Lipinski definition) is 7. The number of benzene rings is 1. The van der Waals surface area contributed by atoms with Gasteiger partial charge in [-0.25, -0.2) is 23.1 Å². The summed E-state index contributed by atoms with van der Waals surface area (Å²) in [5.41, 5.74) is 5.90. The molecule has 0 spiro atoms. The molecule has 1 amide bonds. The first-order chi connectivity index (χ1) is 16.9. The van der Waals surface area contributed by atoms with Crippen LogP contribution in [0.25, 0.3) is 11.2 Å². The van der Waals surface area contributed by atoms with Gasteiger partial charge in [0.1, 0.15) is 17.0 Å². The van der Waals surface area contributed by atoms with Crippen LogP contribution in [0.1, 0.15) is 44.6 Å². The number of carbonyl (C=O) groups is 1. The second kappa shape index (κ2) is 9.68. The molecule has 1 saturated heterocycles. The van der Waals surface area contributed by atoms with Crippen molar-refractivity contribution in [2.24, 2.45) is 11.7 Å². The fourth-order valence-corrected chi connectivity index (χ4v) is 4.81. The van der Waals surface area contributed by atoms with Gasteiger partial charge >= 0.3 is 0 Å². The number of rotatable bonds is 6. The van der Waals surface area contributed by atoms with Crippen molar-refractivity contribution >= 4 is 34.7 Å². The second-order valence-corrected chi connectivity index (χ2v) is 9.02. The molecular formula is C23H26F3N7O2. The van der Waals surface area contributed by atoms with Crippen molar-refractivity contribution in [3.63, 3.8) is 0 Å². The first kappa shape index (κ1) is 23.3. The number of nitrogens with two attached hydrogens (primary N) is 1. The maximum Gasteiger partial charge on any atom is 0.224 e. The number of anilines is 3. The molecule has 2 aliphatic rings. The Morgan fingerprint density at radius 1 is 1.03 bits per heavy atom. The molecule has 0 bridgehead atoms. The molecule has 4 N–H and O–H groups in total. The number of hydrogen-bond donors (Lipinski definition) is 3. The maximum absolute atomic E-state index is 14.4. The van der Waals surface area contributed by atoms with Gasteiger partial charge in [0.2, 0.25) is 17.8 Å². The van der Waals surface area contributed by atoms with E-state index in [1.54, 1.807) is 10.8 Å². The van der Waals surface area contributed by atoms with Gasteiger partial charge in [0.05, 0.1) is 6.20 Å². The van der Waals surface area contributed by atoms with E-state index in [4.69, 9.17) is 10.5 Å². The molecule has 0 unspecified atom stereocenters. The van der Waals surface area contributed by atoms with E-state index in [1.807, 2.05) is 0 Å². The molecular weight excluding hydrogens is 463 g/mol. The van der Waals surface area contributed by atoms with Crippen molar-refractivity contribution in [2.45, 2.75) is 50.6 Å². The first-order valence-electron chi connectivity index (χ1n) is 11.7. The number of amides is 1. The highest BCUT2D eigenvalue weighted by Crippen LogP contribution is 2.37. The Kier molecular flexibility index (Phi) is 6.46. The van der Waals surface area contributed by atoms with Crippen LogP contribution in [0, 0.1) is 23.4 Å². The zero-order valence-electron chi connectivity index (χ0n) is 18.9. The number of primary amides is 1. The molecule has 2 aromatic heterocycles. The highest BCUT2D eigenvalue weighted by atomic mass is 19.1. The number of carbonyl (C=O) groups excluding carboxylic acids is 1. The molecule has 0 atom stereocenters. The van der Waals surface area contributed by atoms with Crippen molar-refractivity contribution < 1.29 is 22.7 Å². The van der Waals surface area contributed by atoms with Gasteiger partial charge in [-0.3, -0.25) is 9.36 Å². The lowest BCUT2D eigenvalue weighted by Crippen LogP contribution is -2.29. The van der Waals surface area contributed by atoms with E-state index in [0.29, 0.717) is 68.1 Å². The molecule has 12 heteroatoms.